The molecule has 0 unspecified atom stereocenters. The van der Waals surface area contributed by atoms with Crippen molar-refractivity contribution in [1.29, 1.82) is 0 Å². The van der Waals surface area contributed by atoms with Crippen molar-refractivity contribution in [3.8, 4) is 0 Å². The number of halogens is 1. The van der Waals surface area contributed by atoms with Crippen LogP contribution in [0.5, 0.6) is 0 Å². The normalized spacial score (nSPS) is 9.93. The zero-order valence-corrected chi connectivity index (χ0v) is 8.57. The van der Waals surface area contributed by atoms with Gasteiger partial charge in [0.25, 0.3) is 0 Å². The van der Waals surface area contributed by atoms with Crippen LogP contribution >= 0.6 is 11.6 Å². The molecule has 0 aliphatic rings. The van der Waals surface area contributed by atoms with Crippen molar-refractivity contribution < 1.29 is 0 Å². The van der Waals surface area contributed by atoms with Crippen LogP contribution in [-0.2, 0) is 0 Å². The highest BCUT2D eigenvalue weighted by atomic mass is 35.5. The number of aromatic nitrogens is 2. The molecule has 76 valence electrons. The second-order valence-corrected chi connectivity index (χ2v) is 3.34. The van der Waals surface area contributed by atoms with Crippen molar-refractivity contribution in [3.63, 3.8) is 0 Å². The van der Waals surface area contributed by atoms with E-state index < -0.39 is 0 Å². The van der Waals surface area contributed by atoms with Crippen LogP contribution in [0.1, 0.15) is 0 Å². The Kier molecular flexibility index (Phi) is 2.69. The number of nitrogens with one attached hydrogen (secondary N) is 1. The Morgan fingerprint density at radius 3 is 2.73 bits per heavy atom. The maximum absolute atomic E-state index is 5.73. The Morgan fingerprint density at radius 1 is 1.20 bits per heavy atom. The molecular weight excluding hydrogens is 212 g/mol. The Bertz CT molecular complexity index is 455. The van der Waals surface area contributed by atoms with Gasteiger partial charge in [-0.15, -0.1) is 0 Å². The van der Waals surface area contributed by atoms with Crippen LogP contribution in [0.25, 0.3) is 0 Å². The molecule has 0 aliphatic carbocycles. The van der Waals surface area contributed by atoms with Crippen molar-refractivity contribution in [2.75, 3.05) is 11.1 Å². The standard InChI is InChI=1S/C10H9ClN4/c11-10-2-1-7(5-14-10)15-9-3-4-13-6-8(9)12/h1-6H,12H2,(H,13,15). The van der Waals surface area contributed by atoms with Crippen molar-refractivity contribution in [3.05, 3.63) is 41.9 Å². The minimum absolute atomic E-state index is 0.461. The highest BCUT2D eigenvalue weighted by Crippen LogP contribution is 2.21. The first-order chi connectivity index (χ1) is 7.25. The van der Waals surface area contributed by atoms with E-state index in [1.807, 2.05) is 6.07 Å². The van der Waals surface area contributed by atoms with Crippen LogP contribution < -0.4 is 11.1 Å². The first kappa shape index (κ1) is 9.73. The average molecular weight is 221 g/mol. The zero-order valence-electron chi connectivity index (χ0n) is 7.81. The third kappa shape index (κ3) is 2.35. The first-order valence-corrected chi connectivity index (χ1v) is 4.71. The quantitative estimate of drug-likeness (QED) is 0.764. The minimum Gasteiger partial charge on any atom is -0.396 e. The number of anilines is 3. The maximum Gasteiger partial charge on any atom is 0.129 e. The number of pyridine rings is 2. The predicted octanol–water partition coefficient (Wildman–Crippen LogP) is 2.46. The SMILES string of the molecule is Nc1cnccc1Nc1ccc(Cl)nc1. The lowest BCUT2D eigenvalue weighted by molar-refractivity contribution is 1.30. The molecule has 2 heterocycles. The molecule has 0 spiro atoms. The van der Waals surface area contributed by atoms with Gasteiger partial charge in [-0.25, -0.2) is 4.98 Å². The van der Waals surface area contributed by atoms with Crippen LogP contribution in [0, 0.1) is 0 Å². The van der Waals surface area contributed by atoms with Crippen molar-refractivity contribution >= 4 is 28.7 Å². The lowest BCUT2D eigenvalue weighted by Gasteiger charge is -2.07. The Hall–Kier alpha value is -1.81. The summed E-state index contributed by atoms with van der Waals surface area (Å²) in [7, 11) is 0. The number of nitrogens with zero attached hydrogens (tertiary/aromatic N) is 2. The molecule has 2 aromatic heterocycles. The molecule has 0 aliphatic heterocycles. The second-order valence-electron chi connectivity index (χ2n) is 2.96. The second kappa shape index (κ2) is 4.14. The average Bonchev–Trinajstić information content (AvgIpc) is 2.25. The summed E-state index contributed by atoms with van der Waals surface area (Å²) < 4.78 is 0. The molecule has 0 amide bonds. The van der Waals surface area contributed by atoms with Crippen LogP contribution in [0.15, 0.2) is 36.8 Å². The highest BCUT2D eigenvalue weighted by molar-refractivity contribution is 6.29. The largest absolute Gasteiger partial charge is 0.396 e. The third-order valence-corrected chi connectivity index (χ3v) is 2.08. The van der Waals surface area contributed by atoms with Crippen LogP contribution in [0.2, 0.25) is 5.15 Å². The van der Waals surface area contributed by atoms with Crippen LogP contribution in [-0.4, -0.2) is 9.97 Å². The third-order valence-electron chi connectivity index (χ3n) is 1.86. The van der Waals surface area contributed by atoms with Gasteiger partial charge in [-0.3, -0.25) is 4.98 Å². The molecule has 0 saturated heterocycles. The van der Waals surface area contributed by atoms with E-state index >= 15 is 0 Å². The van der Waals surface area contributed by atoms with E-state index in [2.05, 4.69) is 15.3 Å². The molecule has 3 N–H and O–H groups in total. The topological polar surface area (TPSA) is 63.8 Å². The fraction of sp³-hybridized carbons (Fsp3) is 0. The summed E-state index contributed by atoms with van der Waals surface area (Å²) in [6, 6.07) is 5.33. The number of nitrogens with two attached hydrogens (primary N) is 1. The molecule has 15 heavy (non-hydrogen) atoms. The van der Waals surface area contributed by atoms with Gasteiger partial charge < -0.3 is 11.1 Å². The molecule has 2 aromatic rings. The Balaban J connectivity index is 2.22. The van der Waals surface area contributed by atoms with Gasteiger partial charge in [0.1, 0.15) is 5.15 Å². The van der Waals surface area contributed by atoms with Gasteiger partial charge in [-0.2, -0.15) is 0 Å². The molecule has 0 atom stereocenters. The monoisotopic (exact) mass is 220 g/mol. The lowest BCUT2D eigenvalue weighted by atomic mass is 10.3. The van der Waals surface area contributed by atoms with Crippen molar-refractivity contribution in [2.24, 2.45) is 0 Å². The van der Waals surface area contributed by atoms with Crippen LogP contribution in [0.4, 0.5) is 17.1 Å². The number of hydrogen-bond acceptors (Lipinski definition) is 4. The summed E-state index contributed by atoms with van der Waals surface area (Å²) in [5.74, 6) is 0. The maximum atomic E-state index is 5.73. The fourth-order valence-electron chi connectivity index (χ4n) is 1.13. The zero-order chi connectivity index (χ0) is 10.7. The highest BCUT2D eigenvalue weighted by Gasteiger charge is 1.98. The fourth-order valence-corrected chi connectivity index (χ4v) is 1.24. The Morgan fingerprint density at radius 2 is 2.07 bits per heavy atom. The minimum atomic E-state index is 0.461. The van der Waals surface area contributed by atoms with Gasteiger partial charge in [-0.05, 0) is 18.2 Å². The smallest absolute Gasteiger partial charge is 0.129 e. The first-order valence-electron chi connectivity index (χ1n) is 4.34. The van der Waals surface area contributed by atoms with Crippen molar-refractivity contribution in [2.45, 2.75) is 0 Å². The lowest BCUT2D eigenvalue weighted by Crippen LogP contribution is -1.96. The molecule has 5 heteroatoms. The van der Waals surface area contributed by atoms with E-state index in [1.165, 1.54) is 0 Å². The number of rotatable bonds is 2. The summed E-state index contributed by atoms with van der Waals surface area (Å²) in [6.45, 7) is 0. The summed E-state index contributed by atoms with van der Waals surface area (Å²) in [4.78, 5) is 7.85. The summed E-state index contributed by atoms with van der Waals surface area (Å²) >= 11 is 5.67. The van der Waals surface area contributed by atoms with E-state index in [-0.39, 0.29) is 0 Å². The molecule has 0 bridgehead atoms. The molecule has 0 aromatic carbocycles. The predicted molar refractivity (Wildman–Crippen MR) is 61.2 cm³/mol. The van der Waals surface area contributed by atoms with E-state index in [4.69, 9.17) is 17.3 Å². The Labute approximate surface area is 92.1 Å². The van der Waals surface area contributed by atoms with E-state index in [0.29, 0.717) is 10.8 Å². The van der Waals surface area contributed by atoms with E-state index in [0.717, 1.165) is 11.4 Å². The summed E-state index contributed by atoms with van der Waals surface area (Å²) in [6.07, 6.45) is 4.90. The van der Waals surface area contributed by atoms with Gasteiger partial charge in [0, 0.05) is 6.20 Å². The molecule has 0 saturated carbocycles. The summed E-state index contributed by atoms with van der Waals surface area (Å²) in [5.41, 5.74) is 7.95. The van der Waals surface area contributed by atoms with E-state index in [1.54, 1.807) is 30.7 Å². The van der Waals surface area contributed by atoms with Gasteiger partial charge in [0.2, 0.25) is 0 Å². The van der Waals surface area contributed by atoms with Gasteiger partial charge in [0.05, 0.1) is 29.5 Å². The summed E-state index contributed by atoms with van der Waals surface area (Å²) in [5, 5.41) is 3.57. The van der Waals surface area contributed by atoms with Crippen molar-refractivity contribution in [1.82, 2.24) is 9.97 Å². The number of nitrogen functional groups attached to an aromatic ring is 1. The van der Waals surface area contributed by atoms with Crippen LogP contribution in [0.3, 0.4) is 0 Å². The van der Waals surface area contributed by atoms with E-state index in [9.17, 15) is 0 Å². The van der Waals surface area contributed by atoms with Gasteiger partial charge in [-0.1, -0.05) is 11.6 Å². The van der Waals surface area contributed by atoms with Gasteiger partial charge >= 0.3 is 0 Å². The molecule has 2 rings (SSSR count). The molecule has 4 nitrogen and oxygen atoms in total. The molecule has 0 radical (unpaired) electrons. The number of hydrogen-bond donors (Lipinski definition) is 2. The van der Waals surface area contributed by atoms with Gasteiger partial charge in [0.15, 0.2) is 0 Å². The molecule has 0 fully saturated rings. The molecular formula is C10H9ClN4.